The summed E-state index contributed by atoms with van der Waals surface area (Å²) in [6.45, 7) is 0.853. The van der Waals surface area contributed by atoms with E-state index in [-0.39, 0.29) is 0 Å². The lowest BCUT2D eigenvalue weighted by Gasteiger charge is -2.22. The van der Waals surface area contributed by atoms with Gasteiger partial charge >= 0.3 is 6.03 Å². The highest BCUT2D eigenvalue weighted by atomic mass is 19.1. The molecule has 0 aromatic heterocycles. The van der Waals surface area contributed by atoms with E-state index in [2.05, 4.69) is 10.6 Å². The van der Waals surface area contributed by atoms with Crippen LogP contribution in [0.2, 0.25) is 0 Å². The number of nitro groups is 1. The molecule has 1 fully saturated rings. The number of hydrogen-bond acceptors (Lipinski definition) is 5. The third-order valence-electron chi connectivity index (χ3n) is 5.34. The number of urea groups is 1. The molecule has 4 amide bonds. The molecule has 0 saturated carbocycles. The number of carbonyl (C=O) groups is 3. The van der Waals surface area contributed by atoms with Crippen molar-refractivity contribution in [3.8, 4) is 0 Å². The Morgan fingerprint density at radius 2 is 1.84 bits per heavy atom. The Morgan fingerprint density at radius 3 is 2.56 bits per heavy atom. The summed E-state index contributed by atoms with van der Waals surface area (Å²) < 4.78 is 13.9. The van der Waals surface area contributed by atoms with Crippen molar-refractivity contribution in [1.82, 2.24) is 10.2 Å². The zero-order valence-corrected chi connectivity index (χ0v) is 16.8. The van der Waals surface area contributed by atoms with Crippen molar-refractivity contribution in [2.75, 3.05) is 11.9 Å². The zero-order chi connectivity index (χ0) is 23.0. The highest BCUT2D eigenvalue weighted by Gasteiger charge is 2.49. The molecular weight excluding hydrogens is 419 g/mol. The molecule has 1 heterocycles. The summed E-state index contributed by atoms with van der Waals surface area (Å²) in [4.78, 5) is 48.8. The van der Waals surface area contributed by atoms with Crippen LogP contribution in [0.15, 0.2) is 60.7 Å². The zero-order valence-electron chi connectivity index (χ0n) is 16.8. The minimum Gasteiger partial charge on any atom is -0.322 e. The second-order valence-corrected chi connectivity index (χ2v) is 7.48. The van der Waals surface area contributed by atoms with Crippen LogP contribution in [0.4, 0.5) is 20.6 Å². The molecule has 1 saturated heterocycles. The lowest BCUT2D eigenvalue weighted by atomic mass is 9.90. The van der Waals surface area contributed by atoms with Crippen LogP contribution >= 0.6 is 0 Å². The summed E-state index contributed by atoms with van der Waals surface area (Å²) in [7, 11) is 0. The van der Waals surface area contributed by atoms with Gasteiger partial charge in [-0.3, -0.25) is 24.6 Å². The molecule has 10 heteroatoms. The number of nitro benzene ring substituents is 1. The molecule has 3 aromatic carbocycles. The summed E-state index contributed by atoms with van der Waals surface area (Å²) in [5.74, 6) is -2.41. The summed E-state index contributed by atoms with van der Waals surface area (Å²) in [6, 6.07) is 14.8. The number of benzene rings is 3. The first kappa shape index (κ1) is 20.9. The van der Waals surface area contributed by atoms with Crippen LogP contribution in [0.25, 0.3) is 10.8 Å². The van der Waals surface area contributed by atoms with E-state index in [1.165, 1.54) is 6.92 Å². The summed E-state index contributed by atoms with van der Waals surface area (Å²) in [6.07, 6.45) is 0. The number of nitrogens with zero attached hydrogens (tertiary/aromatic N) is 2. The Labute approximate surface area is 181 Å². The molecule has 1 aliphatic rings. The summed E-state index contributed by atoms with van der Waals surface area (Å²) in [5, 5.41) is 17.5. The molecule has 1 atom stereocenters. The van der Waals surface area contributed by atoms with Gasteiger partial charge in [0.1, 0.15) is 17.9 Å². The Balaban J connectivity index is 1.54. The molecule has 1 unspecified atom stereocenters. The van der Waals surface area contributed by atoms with Crippen LogP contribution in [0.1, 0.15) is 12.5 Å². The van der Waals surface area contributed by atoms with Crippen LogP contribution in [0.3, 0.4) is 0 Å². The van der Waals surface area contributed by atoms with Gasteiger partial charge < -0.3 is 10.6 Å². The standard InChI is InChI=1S/C22H17FN4O5/c1-22(15-7-6-13-4-2-3-5-14(13)10-15)20(29)26(21(30)25-22)12-19(28)24-18-11-16(27(31)32)8-9-17(18)23/h2-11H,12H2,1H3,(H,24,28)(H,25,30). The minimum atomic E-state index is -1.39. The maximum absolute atomic E-state index is 13.9. The van der Waals surface area contributed by atoms with E-state index >= 15 is 0 Å². The van der Waals surface area contributed by atoms with Crippen molar-refractivity contribution < 1.29 is 23.7 Å². The van der Waals surface area contributed by atoms with Gasteiger partial charge in [0.15, 0.2) is 0 Å². The van der Waals surface area contributed by atoms with Crippen LogP contribution in [-0.2, 0) is 15.1 Å². The van der Waals surface area contributed by atoms with Gasteiger partial charge in [0, 0.05) is 12.1 Å². The van der Waals surface area contributed by atoms with Crippen LogP contribution < -0.4 is 10.6 Å². The summed E-state index contributed by atoms with van der Waals surface area (Å²) in [5.41, 5.74) is -1.69. The number of hydrogen-bond donors (Lipinski definition) is 2. The molecular formula is C22H17FN4O5. The van der Waals surface area contributed by atoms with E-state index in [1.54, 1.807) is 12.1 Å². The maximum atomic E-state index is 13.9. The molecule has 3 aromatic rings. The fourth-order valence-corrected chi connectivity index (χ4v) is 3.59. The number of halogens is 1. The van der Waals surface area contributed by atoms with Gasteiger partial charge in [0.05, 0.1) is 10.6 Å². The third kappa shape index (κ3) is 3.62. The highest BCUT2D eigenvalue weighted by molar-refractivity contribution is 6.10. The molecule has 32 heavy (non-hydrogen) atoms. The predicted molar refractivity (Wildman–Crippen MR) is 113 cm³/mol. The second-order valence-electron chi connectivity index (χ2n) is 7.48. The molecule has 0 radical (unpaired) electrons. The lowest BCUT2D eigenvalue weighted by Crippen LogP contribution is -2.42. The van der Waals surface area contributed by atoms with E-state index < -0.39 is 52.0 Å². The van der Waals surface area contributed by atoms with Gasteiger partial charge in [0.2, 0.25) is 5.91 Å². The molecule has 0 spiro atoms. The van der Waals surface area contributed by atoms with Gasteiger partial charge in [-0.2, -0.15) is 0 Å². The number of rotatable bonds is 5. The second kappa shape index (κ2) is 7.73. The largest absolute Gasteiger partial charge is 0.325 e. The van der Waals surface area contributed by atoms with Crippen molar-refractivity contribution in [2.24, 2.45) is 0 Å². The highest BCUT2D eigenvalue weighted by Crippen LogP contribution is 2.31. The predicted octanol–water partition coefficient (Wildman–Crippen LogP) is 3.29. The number of imide groups is 1. The Kier molecular flexibility index (Phi) is 5.05. The smallest absolute Gasteiger partial charge is 0.322 e. The van der Waals surface area contributed by atoms with E-state index in [0.29, 0.717) is 5.56 Å². The van der Waals surface area contributed by atoms with Gasteiger partial charge in [-0.05, 0) is 35.4 Å². The average Bonchev–Trinajstić information content (AvgIpc) is 2.98. The SMILES string of the molecule is CC1(c2ccc3ccccc3c2)NC(=O)N(CC(=O)Nc2cc([N+](=O)[O-])ccc2F)C1=O. The number of nitrogens with one attached hydrogen (secondary N) is 2. The van der Waals surface area contributed by atoms with Crippen molar-refractivity contribution in [3.05, 3.63) is 82.2 Å². The topological polar surface area (TPSA) is 122 Å². The number of carbonyl (C=O) groups excluding carboxylic acids is 3. The number of fused-ring (bicyclic) bond motifs is 1. The molecule has 1 aliphatic heterocycles. The van der Waals surface area contributed by atoms with Gasteiger partial charge in [-0.1, -0.05) is 36.4 Å². The molecule has 0 bridgehead atoms. The van der Waals surface area contributed by atoms with Crippen molar-refractivity contribution >= 4 is 40.0 Å². The number of anilines is 1. The first-order chi connectivity index (χ1) is 15.2. The molecule has 162 valence electrons. The molecule has 9 nitrogen and oxygen atoms in total. The monoisotopic (exact) mass is 436 g/mol. The Morgan fingerprint density at radius 1 is 1.12 bits per heavy atom. The van der Waals surface area contributed by atoms with Gasteiger partial charge in [-0.25, -0.2) is 9.18 Å². The normalized spacial score (nSPS) is 18.0. The third-order valence-corrected chi connectivity index (χ3v) is 5.34. The van der Waals surface area contributed by atoms with Crippen molar-refractivity contribution in [2.45, 2.75) is 12.5 Å². The van der Waals surface area contributed by atoms with Crippen LogP contribution in [0.5, 0.6) is 0 Å². The fraction of sp³-hybridized carbons (Fsp3) is 0.136. The Hall–Kier alpha value is -4.34. The number of non-ortho nitro benzene ring substituents is 1. The van der Waals surface area contributed by atoms with E-state index in [1.807, 2.05) is 30.3 Å². The van der Waals surface area contributed by atoms with Crippen LogP contribution in [0, 0.1) is 15.9 Å². The van der Waals surface area contributed by atoms with E-state index in [4.69, 9.17) is 0 Å². The lowest BCUT2D eigenvalue weighted by molar-refractivity contribution is -0.384. The number of amides is 4. The van der Waals surface area contributed by atoms with Crippen molar-refractivity contribution in [3.63, 3.8) is 0 Å². The molecule has 4 rings (SSSR count). The first-order valence-electron chi connectivity index (χ1n) is 9.56. The molecule has 2 N–H and O–H groups in total. The quantitative estimate of drug-likeness (QED) is 0.361. The average molecular weight is 436 g/mol. The van der Waals surface area contributed by atoms with Gasteiger partial charge in [0.25, 0.3) is 11.6 Å². The fourth-order valence-electron chi connectivity index (χ4n) is 3.59. The Bertz CT molecular complexity index is 1290. The van der Waals surface area contributed by atoms with E-state index in [0.717, 1.165) is 33.9 Å². The first-order valence-corrected chi connectivity index (χ1v) is 9.56. The molecule has 0 aliphatic carbocycles. The van der Waals surface area contributed by atoms with Gasteiger partial charge in [-0.15, -0.1) is 0 Å². The maximum Gasteiger partial charge on any atom is 0.325 e. The summed E-state index contributed by atoms with van der Waals surface area (Å²) >= 11 is 0. The minimum absolute atomic E-state index is 0.416. The van der Waals surface area contributed by atoms with Crippen LogP contribution in [-0.4, -0.2) is 34.2 Å². The van der Waals surface area contributed by atoms with Crippen molar-refractivity contribution in [1.29, 1.82) is 0 Å². The van der Waals surface area contributed by atoms with E-state index in [9.17, 15) is 28.9 Å².